The van der Waals surface area contributed by atoms with Crippen LogP contribution in [-0.2, 0) is 0 Å². The van der Waals surface area contributed by atoms with Gasteiger partial charge in [0.25, 0.3) is 0 Å². The number of nitrogens with zero attached hydrogens (tertiary/aromatic N) is 1. The standard InChI is InChI=1S/C50H102N8/c1-42(2)30-38(31-43(3,4)54-42)50(39-32-44(5,6)55-45(7,8)33-39,24-20-19-23-27-53-29-28-52-26-22-18-17-21-25-51)58(40-34-46(9,10)56-47(11,12)35-40)41-36-48(13,14)57-49(15,16)37-41/h38-41,52-57H,17-37,51H2,1-16H3. The van der Waals surface area contributed by atoms with Crippen molar-refractivity contribution in [2.75, 3.05) is 32.7 Å². The maximum atomic E-state index is 5.67. The first-order chi connectivity index (χ1) is 26.5. The van der Waals surface area contributed by atoms with Crippen LogP contribution < -0.4 is 37.6 Å². The summed E-state index contributed by atoms with van der Waals surface area (Å²) < 4.78 is 0. The van der Waals surface area contributed by atoms with Crippen LogP contribution in [0, 0.1) is 11.8 Å². The lowest BCUT2D eigenvalue weighted by Gasteiger charge is -2.68. The Kier molecular flexibility index (Phi) is 16.7. The molecule has 0 radical (unpaired) electrons. The molecule has 4 aliphatic heterocycles. The van der Waals surface area contributed by atoms with Gasteiger partial charge in [-0.05, 0) is 219 Å². The van der Waals surface area contributed by atoms with Crippen LogP contribution in [0.25, 0.3) is 0 Å². The largest absolute Gasteiger partial charge is 0.330 e. The van der Waals surface area contributed by atoms with Gasteiger partial charge >= 0.3 is 0 Å². The first kappa shape index (κ1) is 50.3. The zero-order valence-electron chi connectivity index (χ0n) is 41.7. The van der Waals surface area contributed by atoms with E-state index in [0.29, 0.717) is 23.9 Å². The molecule has 0 aromatic rings. The van der Waals surface area contributed by atoms with E-state index in [-0.39, 0.29) is 49.9 Å². The smallest absolute Gasteiger partial charge is 0.0274 e. The van der Waals surface area contributed by atoms with Crippen LogP contribution in [-0.4, -0.2) is 99.6 Å². The molecule has 0 aromatic heterocycles. The minimum Gasteiger partial charge on any atom is -0.330 e. The van der Waals surface area contributed by atoms with Crippen LogP contribution in [0.5, 0.6) is 0 Å². The molecule has 4 rings (SSSR count). The third-order valence-electron chi connectivity index (χ3n) is 14.6. The molecular weight excluding hydrogens is 713 g/mol. The van der Waals surface area contributed by atoms with Crippen molar-refractivity contribution in [2.45, 2.75) is 275 Å². The Morgan fingerprint density at radius 2 is 0.707 bits per heavy atom. The van der Waals surface area contributed by atoms with Crippen molar-refractivity contribution in [2.24, 2.45) is 17.6 Å². The van der Waals surface area contributed by atoms with Crippen molar-refractivity contribution >= 4 is 0 Å². The molecule has 0 amide bonds. The van der Waals surface area contributed by atoms with E-state index in [1.165, 1.54) is 96.3 Å². The number of unbranched alkanes of at least 4 members (excludes halogenated alkanes) is 5. The first-order valence-corrected chi connectivity index (χ1v) is 24.6. The highest BCUT2D eigenvalue weighted by Gasteiger charge is 2.61. The van der Waals surface area contributed by atoms with Crippen molar-refractivity contribution in [3.8, 4) is 0 Å². The highest BCUT2D eigenvalue weighted by molar-refractivity contribution is 5.18. The molecule has 0 aromatic carbocycles. The van der Waals surface area contributed by atoms with Crippen LogP contribution >= 0.6 is 0 Å². The Bertz CT molecular complexity index is 1120. The quantitative estimate of drug-likeness (QED) is 0.0612. The van der Waals surface area contributed by atoms with Crippen molar-refractivity contribution in [3.63, 3.8) is 0 Å². The first-order valence-electron chi connectivity index (χ1n) is 24.6. The SMILES string of the molecule is CC1(C)CC(N(C2CC(C)(C)NC(C)(C)C2)C(CCCCCNCCNCCCCCCN)(C2CC(C)(C)NC(C)(C)C2)C2CC(C)(C)NC(C)(C)C2)CC(C)(C)N1. The lowest BCUT2D eigenvalue weighted by molar-refractivity contribution is -0.154. The second kappa shape index (κ2) is 19.2. The van der Waals surface area contributed by atoms with Gasteiger partial charge in [0.05, 0.1) is 0 Å². The van der Waals surface area contributed by atoms with E-state index in [4.69, 9.17) is 5.73 Å². The average molecular weight is 815 g/mol. The number of piperidine rings is 4. The molecule has 0 unspecified atom stereocenters. The molecule has 58 heavy (non-hydrogen) atoms. The molecule has 4 heterocycles. The summed E-state index contributed by atoms with van der Waals surface area (Å²) in [5, 5.41) is 24.1. The molecule has 0 spiro atoms. The lowest BCUT2D eigenvalue weighted by Crippen LogP contribution is -2.76. The summed E-state index contributed by atoms with van der Waals surface area (Å²) in [5.74, 6) is 1.19. The Hall–Kier alpha value is -0.320. The molecule has 0 aliphatic carbocycles. The van der Waals surface area contributed by atoms with Gasteiger partial charge in [-0.1, -0.05) is 25.7 Å². The minimum atomic E-state index is 0.0666. The fraction of sp³-hybridized carbons (Fsp3) is 1.00. The van der Waals surface area contributed by atoms with Crippen molar-refractivity contribution < 1.29 is 0 Å². The van der Waals surface area contributed by atoms with Gasteiger partial charge in [-0.2, -0.15) is 0 Å². The number of hydrogen-bond acceptors (Lipinski definition) is 8. The summed E-state index contributed by atoms with van der Waals surface area (Å²) in [4.78, 5) is 3.39. The molecule has 8 N–H and O–H groups in total. The molecule has 4 saturated heterocycles. The van der Waals surface area contributed by atoms with Crippen molar-refractivity contribution in [3.05, 3.63) is 0 Å². The maximum absolute atomic E-state index is 5.67. The summed E-state index contributed by atoms with van der Waals surface area (Å²) in [6.45, 7) is 45.3. The van der Waals surface area contributed by atoms with Gasteiger partial charge in [0, 0.05) is 75.0 Å². The van der Waals surface area contributed by atoms with E-state index in [2.05, 4.69) is 148 Å². The molecule has 342 valence electrons. The van der Waals surface area contributed by atoms with E-state index in [1.807, 2.05) is 0 Å². The number of nitrogens with one attached hydrogen (secondary N) is 6. The fourth-order valence-corrected chi connectivity index (χ4v) is 14.6. The molecule has 4 fully saturated rings. The average Bonchev–Trinajstić information content (AvgIpc) is 2.98. The third-order valence-corrected chi connectivity index (χ3v) is 14.6. The van der Waals surface area contributed by atoms with Crippen molar-refractivity contribution in [1.82, 2.24) is 36.8 Å². The summed E-state index contributed by atoms with van der Waals surface area (Å²) in [5.41, 5.74) is 6.30. The van der Waals surface area contributed by atoms with Crippen LogP contribution in [0.4, 0.5) is 0 Å². The summed E-state index contributed by atoms with van der Waals surface area (Å²) in [7, 11) is 0. The molecule has 4 aliphatic rings. The van der Waals surface area contributed by atoms with Crippen LogP contribution in [0.1, 0.15) is 214 Å². The van der Waals surface area contributed by atoms with Crippen LogP contribution in [0.15, 0.2) is 0 Å². The van der Waals surface area contributed by atoms with Gasteiger partial charge in [-0.25, -0.2) is 0 Å². The molecule has 0 atom stereocenters. The van der Waals surface area contributed by atoms with E-state index in [9.17, 15) is 0 Å². The predicted molar refractivity (Wildman–Crippen MR) is 253 cm³/mol. The zero-order valence-corrected chi connectivity index (χ0v) is 41.7. The molecule has 8 heteroatoms. The van der Waals surface area contributed by atoms with E-state index in [0.717, 1.165) is 39.1 Å². The molecular formula is C50H102N8. The van der Waals surface area contributed by atoms with Crippen LogP contribution in [0.3, 0.4) is 0 Å². The third kappa shape index (κ3) is 14.6. The Morgan fingerprint density at radius 3 is 1.03 bits per heavy atom. The van der Waals surface area contributed by atoms with E-state index >= 15 is 0 Å². The molecule has 8 nitrogen and oxygen atoms in total. The Morgan fingerprint density at radius 1 is 0.414 bits per heavy atom. The van der Waals surface area contributed by atoms with E-state index < -0.39 is 0 Å². The second-order valence-corrected chi connectivity index (χ2v) is 25.8. The highest BCUT2D eigenvalue weighted by atomic mass is 15.3. The normalized spacial score (nSPS) is 27.2. The molecule has 0 bridgehead atoms. The lowest BCUT2D eigenvalue weighted by atomic mass is 9.55. The van der Waals surface area contributed by atoms with Gasteiger partial charge in [-0.15, -0.1) is 0 Å². The van der Waals surface area contributed by atoms with Gasteiger partial charge < -0.3 is 37.6 Å². The number of nitrogens with two attached hydrogens (primary N) is 1. The Labute approximate surface area is 361 Å². The minimum absolute atomic E-state index is 0.0666. The topological polar surface area (TPSA) is 101 Å². The fourth-order valence-electron chi connectivity index (χ4n) is 14.6. The highest BCUT2D eigenvalue weighted by Crippen LogP contribution is 2.56. The monoisotopic (exact) mass is 815 g/mol. The summed E-state index contributed by atoms with van der Waals surface area (Å²) >= 11 is 0. The van der Waals surface area contributed by atoms with Gasteiger partial charge in [0.15, 0.2) is 0 Å². The predicted octanol–water partition coefficient (Wildman–Crippen LogP) is 9.02. The number of hydrogen-bond donors (Lipinski definition) is 7. The van der Waals surface area contributed by atoms with Crippen molar-refractivity contribution in [1.29, 1.82) is 0 Å². The van der Waals surface area contributed by atoms with Crippen LogP contribution in [0.2, 0.25) is 0 Å². The maximum Gasteiger partial charge on any atom is 0.0274 e. The summed E-state index contributed by atoms with van der Waals surface area (Å²) in [6.07, 6.45) is 19.8. The van der Waals surface area contributed by atoms with Gasteiger partial charge in [0.2, 0.25) is 0 Å². The molecule has 0 saturated carbocycles. The zero-order chi connectivity index (χ0) is 43.5. The number of rotatable bonds is 20. The van der Waals surface area contributed by atoms with E-state index in [1.54, 1.807) is 0 Å². The Balaban J connectivity index is 1.77. The summed E-state index contributed by atoms with van der Waals surface area (Å²) in [6, 6.07) is 1.02. The van der Waals surface area contributed by atoms with Gasteiger partial charge in [-0.3, -0.25) is 4.90 Å². The van der Waals surface area contributed by atoms with Gasteiger partial charge in [0.1, 0.15) is 0 Å². The second-order valence-electron chi connectivity index (χ2n) is 25.8.